The number of sulfonamides is 1. The van der Waals surface area contributed by atoms with Crippen LogP contribution in [0.3, 0.4) is 0 Å². The Labute approximate surface area is 151 Å². The molecule has 0 saturated heterocycles. The van der Waals surface area contributed by atoms with Gasteiger partial charge in [0.25, 0.3) is 0 Å². The van der Waals surface area contributed by atoms with Crippen molar-refractivity contribution >= 4 is 26.0 Å². The van der Waals surface area contributed by atoms with E-state index in [0.29, 0.717) is 10.2 Å². The standard InChI is InChI=1S/C17H20BrNO4S/c1-12-5-4-6-16(13(12)2)23-10-9-19-24(20,21)14-7-8-17(22-3)15(18)11-14/h4-8,11,19H,9-10H2,1-3H3. The Bertz CT molecular complexity index is 821. The summed E-state index contributed by atoms with van der Waals surface area (Å²) in [4.78, 5) is 0.168. The number of methoxy groups -OCH3 is 1. The van der Waals surface area contributed by atoms with Gasteiger partial charge in [0.05, 0.1) is 16.5 Å². The number of halogens is 1. The molecule has 0 saturated carbocycles. The SMILES string of the molecule is COc1ccc(S(=O)(=O)NCCOc2cccc(C)c2C)cc1Br. The molecule has 0 aliphatic rings. The molecule has 0 aliphatic carbocycles. The van der Waals surface area contributed by atoms with Crippen LogP contribution in [0.1, 0.15) is 11.1 Å². The second kappa shape index (κ2) is 8.00. The fourth-order valence-corrected chi connectivity index (χ4v) is 3.85. The molecule has 5 nitrogen and oxygen atoms in total. The third-order valence-electron chi connectivity index (χ3n) is 3.64. The average molecular weight is 414 g/mol. The fourth-order valence-electron chi connectivity index (χ4n) is 2.12. The monoisotopic (exact) mass is 413 g/mol. The molecule has 0 spiro atoms. The summed E-state index contributed by atoms with van der Waals surface area (Å²) in [5.74, 6) is 1.34. The van der Waals surface area contributed by atoms with E-state index in [4.69, 9.17) is 9.47 Å². The lowest BCUT2D eigenvalue weighted by molar-refractivity contribution is 0.320. The van der Waals surface area contributed by atoms with E-state index in [1.807, 2.05) is 32.0 Å². The summed E-state index contributed by atoms with van der Waals surface area (Å²) in [6.07, 6.45) is 0. The highest BCUT2D eigenvalue weighted by Gasteiger charge is 2.15. The number of rotatable bonds is 7. The molecule has 0 heterocycles. The smallest absolute Gasteiger partial charge is 0.240 e. The van der Waals surface area contributed by atoms with Crippen molar-refractivity contribution in [2.75, 3.05) is 20.3 Å². The Kier molecular flexibility index (Phi) is 6.26. The van der Waals surface area contributed by atoms with Gasteiger partial charge in [0, 0.05) is 6.54 Å². The molecule has 0 radical (unpaired) electrons. The van der Waals surface area contributed by atoms with Crippen LogP contribution < -0.4 is 14.2 Å². The Balaban J connectivity index is 1.96. The van der Waals surface area contributed by atoms with Crippen molar-refractivity contribution in [1.29, 1.82) is 0 Å². The van der Waals surface area contributed by atoms with Crippen molar-refractivity contribution in [3.8, 4) is 11.5 Å². The van der Waals surface area contributed by atoms with Gasteiger partial charge in [-0.2, -0.15) is 0 Å². The molecular weight excluding hydrogens is 394 g/mol. The van der Waals surface area contributed by atoms with E-state index in [9.17, 15) is 8.42 Å². The van der Waals surface area contributed by atoms with E-state index < -0.39 is 10.0 Å². The number of hydrogen-bond donors (Lipinski definition) is 1. The van der Waals surface area contributed by atoms with Crippen LogP contribution in [0.15, 0.2) is 45.8 Å². The predicted molar refractivity (Wildman–Crippen MR) is 97.3 cm³/mol. The molecule has 0 aliphatic heterocycles. The van der Waals surface area contributed by atoms with Crippen molar-refractivity contribution in [3.63, 3.8) is 0 Å². The molecule has 130 valence electrons. The minimum atomic E-state index is -3.60. The maximum atomic E-state index is 12.3. The van der Waals surface area contributed by atoms with Gasteiger partial charge in [0.1, 0.15) is 18.1 Å². The summed E-state index contributed by atoms with van der Waals surface area (Å²) in [7, 11) is -2.07. The number of aryl methyl sites for hydroxylation is 1. The minimum Gasteiger partial charge on any atom is -0.496 e. The maximum absolute atomic E-state index is 12.3. The molecule has 2 rings (SSSR count). The molecule has 0 atom stereocenters. The van der Waals surface area contributed by atoms with Crippen LogP contribution >= 0.6 is 15.9 Å². The van der Waals surface area contributed by atoms with Crippen LogP contribution in [0.2, 0.25) is 0 Å². The number of benzene rings is 2. The van der Waals surface area contributed by atoms with Gasteiger partial charge in [0.15, 0.2) is 0 Å². The van der Waals surface area contributed by atoms with Gasteiger partial charge >= 0.3 is 0 Å². The zero-order valence-corrected chi connectivity index (χ0v) is 16.2. The van der Waals surface area contributed by atoms with Crippen molar-refractivity contribution in [3.05, 3.63) is 52.0 Å². The third-order valence-corrected chi connectivity index (χ3v) is 5.72. The first-order valence-corrected chi connectivity index (χ1v) is 9.65. The molecule has 0 aromatic heterocycles. The van der Waals surface area contributed by atoms with E-state index in [0.717, 1.165) is 16.9 Å². The minimum absolute atomic E-state index is 0.168. The van der Waals surface area contributed by atoms with Gasteiger partial charge in [-0.1, -0.05) is 12.1 Å². The van der Waals surface area contributed by atoms with Crippen molar-refractivity contribution in [2.24, 2.45) is 0 Å². The van der Waals surface area contributed by atoms with Gasteiger partial charge in [-0.25, -0.2) is 13.1 Å². The van der Waals surface area contributed by atoms with Crippen LogP contribution in [-0.2, 0) is 10.0 Å². The number of ether oxygens (including phenoxy) is 2. The lowest BCUT2D eigenvalue weighted by Gasteiger charge is -2.12. The second-order valence-corrected chi connectivity index (χ2v) is 7.86. The van der Waals surface area contributed by atoms with Crippen LogP contribution in [-0.4, -0.2) is 28.7 Å². The zero-order valence-electron chi connectivity index (χ0n) is 13.8. The number of nitrogens with one attached hydrogen (secondary N) is 1. The Hall–Kier alpha value is -1.57. The zero-order chi connectivity index (χ0) is 17.7. The van der Waals surface area contributed by atoms with Gasteiger partial charge in [0.2, 0.25) is 10.0 Å². The maximum Gasteiger partial charge on any atom is 0.240 e. The summed E-state index contributed by atoms with van der Waals surface area (Å²) in [6, 6.07) is 10.4. The molecule has 2 aromatic rings. The third kappa shape index (κ3) is 4.49. The van der Waals surface area contributed by atoms with Gasteiger partial charge in [-0.05, 0) is 65.2 Å². The fraction of sp³-hybridized carbons (Fsp3) is 0.294. The molecule has 0 fully saturated rings. The highest BCUT2D eigenvalue weighted by Crippen LogP contribution is 2.27. The summed E-state index contributed by atoms with van der Waals surface area (Å²) < 4.78 is 38.4. The topological polar surface area (TPSA) is 64.6 Å². The van der Waals surface area contributed by atoms with E-state index in [2.05, 4.69) is 20.7 Å². The van der Waals surface area contributed by atoms with Crippen LogP contribution in [0.25, 0.3) is 0 Å². The largest absolute Gasteiger partial charge is 0.496 e. The van der Waals surface area contributed by atoms with Crippen LogP contribution in [0.5, 0.6) is 11.5 Å². The Morgan fingerprint density at radius 3 is 2.54 bits per heavy atom. The van der Waals surface area contributed by atoms with E-state index in [-0.39, 0.29) is 18.0 Å². The molecule has 0 bridgehead atoms. The Morgan fingerprint density at radius 1 is 1.12 bits per heavy atom. The summed E-state index contributed by atoms with van der Waals surface area (Å²) in [5.41, 5.74) is 2.19. The molecular formula is C17H20BrNO4S. The highest BCUT2D eigenvalue weighted by molar-refractivity contribution is 9.10. The first-order chi connectivity index (χ1) is 11.3. The average Bonchev–Trinajstić information content (AvgIpc) is 2.55. The normalized spacial score (nSPS) is 11.3. The lowest BCUT2D eigenvalue weighted by Crippen LogP contribution is -2.28. The first-order valence-electron chi connectivity index (χ1n) is 7.37. The summed E-state index contributed by atoms with van der Waals surface area (Å²) in [6.45, 7) is 4.41. The van der Waals surface area contributed by atoms with Gasteiger partial charge in [-0.15, -0.1) is 0 Å². The predicted octanol–water partition coefficient (Wildman–Crippen LogP) is 3.43. The molecule has 2 aromatic carbocycles. The summed E-state index contributed by atoms with van der Waals surface area (Å²) in [5, 5.41) is 0. The van der Waals surface area contributed by atoms with Crippen molar-refractivity contribution in [2.45, 2.75) is 18.7 Å². The van der Waals surface area contributed by atoms with Crippen molar-refractivity contribution in [1.82, 2.24) is 4.72 Å². The molecule has 0 amide bonds. The lowest BCUT2D eigenvalue weighted by atomic mass is 10.1. The highest BCUT2D eigenvalue weighted by atomic mass is 79.9. The van der Waals surface area contributed by atoms with Gasteiger partial charge < -0.3 is 9.47 Å². The van der Waals surface area contributed by atoms with Gasteiger partial charge in [-0.3, -0.25) is 0 Å². The van der Waals surface area contributed by atoms with E-state index >= 15 is 0 Å². The second-order valence-electron chi connectivity index (χ2n) is 5.24. The number of hydrogen-bond acceptors (Lipinski definition) is 4. The van der Waals surface area contributed by atoms with E-state index in [1.54, 1.807) is 6.07 Å². The first kappa shape index (κ1) is 18.8. The summed E-state index contributed by atoms with van der Waals surface area (Å²) >= 11 is 3.28. The van der Waals surface area contributed by atoms with Crippen LogP contribution in [0.4, 0.5) is 0 Å². The van der Waals surface area contributed by atoms with Crippen molar-refractivity contribution < 1.29 is 17.9 Å². The Morgan fingerprint density at radius 2 is 1.88 bits per heavy atom. The molecule has 1 N–H and O–H groups in total. The van der Waals surface area contributed by atoms with Crippen LogP contribution in [0, 0.1) is 13.8 Å². The van der Waals surface area contributed by atoms with E-state index in [1.165, 1.54) is 19.2 Å². The molecule has 0 unspecified atom stereocenters. The quantitative estimate of drug-likeness (QED) is 0.706. The molecule has 7 heteroatoms. The molecule has 24 heavy (non-hydrogen) atoms.